The van der Waals surface area contributed by atoms with Crippen LogP contribution in [0, 0.1) is 11.3 Å². The smallest absolute Gasteiger partial charge is 0.310 e. The minimum absolute atomic E-state index is 0.277. The van der Waals surface area contributed by atoms with Crippen molar-refractivity contribution in [3.63, 3.8) is 0 Å². The number of carboxylic acid groups (broad SMARTS) is 1. The zero-order valence-electron chi connectivity index (χ0n) is 8.66. The molecule has 0 heterocycles. The van der Waals surface area contributed by atoms with Crippen LogP contribution in [0.25, 0.3) is 0 Å². The number of carboxylic acids is 1. The molecule has 0 aliphatic heterocycles. The zero-order chi connectivity index (χ0) is 10.6. The first kappa shape index (κ1) is 11.9. The number of nitrogens with two attached hydrogens (primary N) is 1. The maximum absolute atomic E-state index is 11.2. The first-order valence-corrected chi connectivity index (χ1v) is 6.46. The molecule has 1 unspecified atom stereocenters. The van der Waals surface area contributed by atoms with Crippen molar-refractivity contribution in [1.82, 2.24) is 0 Å². The van der Waals surface area contributed by atoms with E-state index in [4.69, 9.17) is 5.73 Å². The Morgan fingerprint density at radius 1 is 1.64 bits per heavy atom. The molecule has 0 aromatic carbocycles. The summed E-state index contributed by atoms with van der Waals surface area (Å²) in [5.74, 6) is 0.799. The van der Waals surface area contributed by atoms with Crippen LogP contribution in [0.2, 0.25) is 0 Å². The fraction of sp³-hybridized carbons (Fsp3) is 0.900. The van der Waals surface area contributed by atoms with Gasteiger partial charge in [0, 0.05) is 6.54 Å². The molecule has 0 bridgehead atoms. The number of hydrogen-bond acceptors (Lipinski definition) is 3. The van der Waals surface area contributed by atoms with Crippen molar-refractivity contribution in [2.45, 2.75) is 25.7 Å². The van der Waals surface area contributed by atoms with Gasteiger partial charge >= 0.3 is 5.97 Å². The van der Waals surface area contributed by atoms with Crippen molar-refractivity contribution in [3.8, 4) is 0 Å². The molecule has 14 heavy (non-hydrogen) atoms. The van der Waals surface area contributed by atoms with Gasteiger partial charge < -0.3 is 10.8 Å². The summed E-state index contributed by atoms with van der Waals surface area (Å²) in [5, 5.41) is 9.24. The van der Waals surface area contributed by atoms with Gasteiger partial charge in [0.1, 0.15) is 0 Å². The lowest BCUT2D eigenvalue weighted by Crippen LogP contribution is -2.39. The van der Waals surface area contributed by atoms with Gasteiger partial charge in [0.2, 0.25) is 0 Å². The van der Waals surface area contributed by atoms with Gasteiger partial charge in [-0.3, -0.25) is 4.79 Å². The molecule has 0 spiro atoms. The van der Waals surface area contributed by atoms with Crippen LogP contribution in [0.15, 0.2) is 0 Å². The molecule has 0 amide bonds. The quantitative estimate of drug-likeness (QED) is 0.679. The van der Waals surface area contributed by atoms with Crippen molar-refractivity contribution in [3.05, 3.63) is 0 Å². The molecule has 1 aliphatic carbocycles. The van der Waals surface area contributed by atoms with E-state index in [1.54, 1.807) is 11.8 Å². The normalized spacial score (nSPS) is 20.4. The Labute approximate surface area is 89.4 Å². The monoisotopic (exact) mass is 217 g/mol. The molecule has 0 aromatic heterocycles. The highest BCUT2D eigenvalue weighted by atomic mass is 32.2. The van der Waals surface area contributed by atoms with E-state index in [1.807, 2.05) is 6.26 Å². The third kappa shape index (κ3) is 2.89. The molecular formula is C10H19NO2S. The summed E-state index contributed by atoms with van der Waals surface area (Å²) < 4.78 is 0. The topological polar surface area (TPSA) is 63.3 Å². The second-order valence-corrected chi connectivity index (χ2v) is 5.17. The van der Waals surface area contributed by atoms with Gasteiger partial charge in [-0.25, -0.2) is 0 Å². The van der Waals surface area contributed by atoms with Crippen molar-refractivity contribution < 1.29 is 9.90 Å². The zero-order valence-corrected chi connectivity index (χ0v) is 9.48. The molecule has 1 saturated carbocycles. The first-order chi connectivity index (χ1) is 6.64. The molecule has 3 N–H and O–H groups in total. The van der Waals surface area contributed by atoms with Crippen LogP contribution < -0.4 is 5.73 Å². The van der Waals surface area contributed by atoms with E-state index in [0.717, 1.165) is 12.2 Å². The maximum atomic E-state index is 11.2. The Bertz CT molecular complexity index is 206. The average molecular weight is 217 g/mol. The highest BCUT2D eigenvalue weighted by Gasteiger charge is 2.41. The fourth-order valence-corrected chi connectivity index (χ4v) is 2.34. The highest BCUT2D eigenvalue weighted by molar-refractivity contribution is 7.98. The molecule has 4 heteroatoms. The molecule has 1 aliphatic rings. The summed E-state index contributed by atoms with van der Waals surface area (Å²) in [6, 6.07) is 0. The predicted octanol–water partition coefficient (Wildman–Crippen LogP) is 1.57. The number of rotatable bonds is 7. The Balaban J connectivity index is 2.57. The van der Waals surface area contributed by atoms with Gasteiger partial charge in [-0.15, -0.1) is 0 Å². The molecule has 1 rings (SSSR count). The summed E-state index contributed by atoms with van der Waals surface area (Å²) in [7, 11) is 0. The number of hydrogen-bond donors (Lipinski definition) is 2. The van der Waals surface area contributed by atoms with Crippen molar-refractivity contribution in [2.24, 2.45) is 17.1 Å². The van der Waals surface area contributed by atoms with Crippen molar-refractivity contribution in [1.29, 1.82) is 0 Å². The first-order valence-electron chi connectivity index (χ1n) is 5.07. The minimum atomic E-state index is -0.707. The Morgan fingerprint density at radius 3 is 2.64 bits per heavy atom. The predicted molar refractivity (Wildman–Crippen MR) is 59.5 cm³/mol. The molecule has 0 saturated heterocycles. The number of carbonyl (C=O) groups is 1. The molecular weight excluding hydrogens is 198 g/mol. The van der Waals surface area contributed by atoms with Crippen LogP contribution >= 0.6 is 11.8 Å². The molecule has 0 radical (unpaired) electrons. The second-order valence-electron chi connectivity index (χ2n) is 4.18. The molecule has 0 aromatic rings. The number of aliphatic carboxylic acids is 1. The lowest BCUT2D eigenvalue weighted by molar-refractivity contribution is -0.149. The number of thioether (sulfide) groups is 1. The van der Waals surface area contributed by atoms with Gasteiger partial charge in [0.05, 0.1) is 5.41 Å². The van der Waals surface area contributed by atoms with E-state index < -0.39 is 11.4 Å². The molecule has 1 atom stereocenters. The molecule has 3 nitrogen and oxygen atoms in total. The van der Waals surface area contributed by atoms with Crippen molar-refractivity contribution >= 4 is 17.7 Å². The Morgan fingerprint density at radius 2 is 2.29 bits per heavy atom. The summed E-state index contributed by atoms with van der Waals surface area (Å²) in [4.78, 5) is 11.2. The average Bonchev–Trinajstić information content (AvgIpc) is 2.95. The Kier molecular flexibility index (Phi) is 4.26. The van der Waals surface area contributed by atoms with Crippen LogP contribution in [-0.2, 0) is 4.79 Å². The van der Waals surface area contributed by atoms with Crippen LogP contribution in [0.1, 0.15) is 25.7 Å². The third-order valence-corrected chi connectivity index (χ3v) is 3.62. The maximum Gasteiger partial charge on any atom is 0.310 e. The van der Waals surface area contributed by atoms with E-state index in [1.165, 1.54) is 12.8 Å². The second kappa shape index (κ2) is 5.03. The SMILES string of the molecule is CSCCC(CN)(CC1CC1)C(=O)O. The van der Waals surface area contributed by atoms with E-state index in [-0.39, 0.29) is 6.54 Å². The van der Waals surface area contributed by atoms with Gasteiger partial charge in [-0.2, -0.15) is 11.8 Å². The lowest BCUT2D eigenvalue weighted by Gasteiger charge is -2.27. The molecule has 82 valence electrons. The lowest BCUT2D eigenvalue weighted by atomic mass is 9.80. The van der Waals surface area contributed by atoms with Crippen LogP contribution in [0.3, 0.4) is 0 Å². The van der Waals surface area contributed by atoms with Gasteiger partial charge in [-0.05, 0) is 30.8 Å². The standard InChI is InChI=1S/C10H19NO2S/c1-14-5-4-10(7-11,9(12)13)6-8-2-3-8/h8H,2-7,11H2,1H3,(H,12,13). The summed E-state index contributed by atoms with van der Waals surface area (Å²) in [5.41, 5.74) is 4.99. The van der Waals surface area contributed by atoms with Crippen LogP contribution in [0.5, 0.6) is 0 Å². The van der Waals surface area contributed by atoms with Gasteiger partial charge in [0.15, 0.2) is 0 Å². The Hall–Kier alpha value is -0.220. The van der Waals surface area contributed by atoms with Crippen LogP contribution in [-0.4, -0.2) is 29.6 Å². The summed E-state index contributed by atoms with van der Waals surface area (Å²) in [6.07, 6.45) is 5.86. The minimum Gasteiger partial charge on any atom is -0.481 e. The summed E-state index contributed by atoms with van der Waals surface area (Å²) >= 11 is 1.69. The van der Waals surface area contributed by atoms with Crippen LogP contribution in [0.4, 0.5) is 0 Å². The van der Waals surface area contributed by atoms with E-state index in [0.29, 0.717) is 12.3 Å². The molecule has 1 fully saturated rings. The fourth-order valence-electron chi connectivity index (χ4n) is 1.74. The van der Waals surface area contributed by atoms with E-state index in [9.17, 15) is 9.90 Å². The summed E-state index contributed by atoms with van der Waals surface area (Å²) in [6.45, 7) is 0.277. The van der Waals surface area contributed by atoms with E-state index >= 15 is 0 Å². The van der Waals surface area contributed by atoms with Gasteiger partial charge in [0.25, 0.3) is 0 Å². The van der Waals surface area contributed by atoms with Gasteiger partial charge in [-0.1, -0.05) is 12.8 Å². The van der Waals surface area contributed by atoms with Crippen molar-refractivity contribution in [2.75, 3.05) is 18.6 Å². The largest absolute Gasteiger partial charge is 0.481 e. The highest BCUT2D eigenvalue weighted by Crippen LogP contribution is 2.42. The third-order valence-electron chi connectivity index (χ3n) is 3.01. The van der Waals surface area contributed by atoms with E-state index in [2.05, 4.69) is 0 Å².